The van der Waals surface area contributed by atoms with Crippen LogP contribution in [-0.4, -0.2) is 65.4 Å². The molecule has 3 heterocycles. The molecule has 0 N–H and O–H groups in total. The molecule has 7 heteroatoms. The average molecular weight is 328 g/mol. The van der Waals surface area contributed by atoms with E-state index >= 15 is 0 Å². The molecule has 0 saturated carbocycles. The molecule has 0 radical (unpaired) electrons. The standard InChI is InChI=1S/C17H20N4O3/c22-17(20-6-8-23-9-7-20)21-10-14(13-4-2-1-3-5-13)15(11-21)16-18-12-24-19-16/h1-5,12,14-15H,6-11H2/t14-,15+/m0/s1. The van der Waals surface area contributed by atoms with Crippen molar-refractivity contribution in [3.8, 4) is 0 Å². The highest BCUT2D eigenvalue weighted by Crippen LogP contribution is 2.38. The number of rotatable bonds is 2. The Bertz CT molecular complexity index is 670. The van der Waals surface area contributed by atoms with Crippen LogP contribution in [0.15, 0.2) is 41.2 Å². The van der Waals surface area contributed by atoms with Crippen LogP contribution >= 0.6 is 0 Å². The molecular formula is C17H20N4O3. The predicted octanol–water partition coefficient (Wildman–Crippen LogP) is 1.70. The van der Waals surface area contributed by atoms with Gasteiger partial charge in [0.1, 0.15) is 0 Å². The third-order valence-corrected chi connectivity index (χ3v) is 4.81. The average Bonchev–Trinajstić information content (AvgIpc) is 3.32. The number of likely N-dealkylation sites (tertiary alicyclic amines) is 1. The van der Waals surface area contributed by atoms with E-state index < -0.39 is 0 Å². The second kappa shape index (κ2) is 6.60. The van der Waals surface area contributed by atoms with Gasteiger partial charge in [0.15, 0.2) is 5.82 Å². The Labute approximate surface area is 140 Å². The molecule has 1 aromatic heterocycles. The van der Waals surface area contributed by atoms with Crippen LogP contribution in [0.3, 0.4) is 0 Å². The molecule has 2 saturated heterocycles. The number of amides is 2. The third-order valence-electron chi connectivity index (χ3n) is 4.81. The fourth-order valence-corrected chi connectivity index (χ4v) is 3.56. The van der Waals surface area contributed by atoms with Crippen molar-refractivity contribution in [2.45, 2.75) is 11.8 Å². The van der Waals surface area contributed by atoms with E-state index in [0.29, 0.717) is 45.2 Å². The molecule has 2 fully saturated rings. The summed E-state index contributed by atoms with van der Waals surface area (Å²) in [6.07, 6.45) is 1.35. The molecule has 2 aliphatic heterocycles. The Kier molecular flexibility index (Phi) is 4.17. The maximum atomic E-state index is 12.8. The highest BCUT2D eigenvalue weighted by atomic mass is 16.5. The molecule has 0 bridgehead atoms. The molecule has 7 nitrogen and oxygen atoms in total. The van der Waals surface area contributed by atoms with Gasteiger partial charge in [0.05, 0.1) is 13.2 Å². The Morgan fingerprint density at radius 3 is 2.50 bits per heavy atom. The highest BCUT2D eigenvalue weighted by molar-refractivity contribution is 5.75. The van der Waals surface area contributed by atoms with Crippen LogP contribution in [0, 0.1) is 0 Å². The largest absolute Gasteiger partial charge is 0.378 e. The zero-order chi connectivity index (χ0) is 16.4. The molecule has 24 heavy (non-hydrogen) atoms. The number of carbonyl (C=O) groups is 1. The van der Waals surface area contributed by atoms with Crippen molar-refractivity contribution in [3.63, 3.8) is 0 Å². The molecule has 0 unspecified atom stereocenters. The molecule has 4 rings (SSSR count). The summed E-state index contributed by atoms with van der Waals surface area (Å²) in [4.78, 5) is 20.8. The van der Waals surface area contributed by atoms with Crippen LogP contribution in [0.5, 0.6) is 0 Å². The van der Waals surface area contributed by atoms with Gasteiger partial charge in [-0.25, -0.2) is 4.79 Å². The lowest BCUT2D eigenvalue weighted by Crippen LogP contribution is -2.47. The Hall–Kier alpha value is -2.41. The molecule has 2 amide bonds. The molecule has 0 spiro atoms. The smallest absolute Gasteiger partial charge is 0.320 e. The minimum Gasteiger partial charge on any atom is -0.378 e. The number of hydrogen-bond acceptors (Lipinski definition) is 5. The number of hydrogen-bond donors (Lipinski definition) is 0. The summed E-state index contributed by atoms with van der Waals surface area (Å²) in [5.74, 6) is 0.895. The SMILES string of the molecule is O=C(N1CCOCC1)N1C[C@@H](c2ccccc2)[C@H](c2ncon2)C1. The van der Waals surface area contributed by atoms with Crippen LogP contribution in [0.25, 0.3) is 0 Å². The zero-order valence-corrected chi connectivity index (χ0v) is 13.4. The van der Waals surface area contributed by atoms with Crippen LogP contribution in [0.4, 0.5) is 4.79 Å². The Balaban J connectivity index is 1.57. The first-order valence-corrected chi connectivity index (χ1v) is 8.26. The van der Waals surface area contributed by atoms with E-state index in [1.165, 1.54) is 12.0 Å². The summed E-state index contributed by atoms with van der Waals surface area (Å²) >= 11 is 0. The quantitative estimate of drug-likeness (QED) is 0.839. The number of urea groups is 1. The van der Waals surface area contributed by atoms with E-state index in [1.807, 2.05) is 28.0 Å². The van der Waals surface area contributed by atoms with Gasteiger partial charge >= 0.3 is 6.03 Å². The van der Waals surface area contributed by atoms with Gasteiger partial charge in [0, 0.05) is 38.0 Å². The molecular weight excluding hydrogens is 308 g/mol. The minimum atomic E-state index is 0.0520. The summed E-state index contributed by atoms with van der Waals surface area (Å²) in [5, 5.41) is 4.02. The second-order valence-corrected chi connectivity index (χ2v) is 6.20. The van der Waals surface area contributed by atoms with Gasteiger partial charge in [-0.15, -0.1) is 0 Å². The maximum Gasteiger partial charge on any atom is 0.320 e. The van der Waals surface area contributed by atoms with Crippen molar-refractivity contribution in [1.82, 2.24) is 19.9 Å². The number of aromatic nitrogens is 2. The summed E-state index contributed by atoms with van der Waals surface area (Å²) in [7, 11) is 0. The lowest BCUT2D eigenvalue weighted by atomic mass is 9.88. The van der Waals surface area contributed by atoms with Crippen LogP contribution < -0.4 is 0 Å². The lowest BCUT2D eigenvalue weighted by molar-refractivity contribution is 0.0450. The maximum absolute atomic E-state index is 12.8. The first-order chi connectivity index (χ1) is 11.8. The van der Waals surface area contributed by atoms with Crippen LogP contribution in [-0.2, 0) is 4.74 Å². The molecule has 2 aromatic rings. The van der Waals surface area contributed by atoms with Crippen molar-refractivity contribution in [2.24, 2.45) is 0 Å². The van der Waals surface area contributed by atoms with Crippen molar-refractivity contribution >= 4 is 6.03 Å². The second-order valence-electron chi connectivity index (χ2n) is 6.20. The van der Waals surface area contributed by atoms with E-state index in [9.17, 15) is 4.79 Å². The number of benzene rings is 1. The first kappa shape index (κ1) is 15.1. The van der Waals surface area contributed by atoms with E-state index in [2.05, 4.69) is 22.3 Å². The first-order valence-electron chi connectivity index (χ1n) is 8.26. The zero-order valence-electron chi connectivity index (χ0n) is 13.4. The molecule has 0 aliphatic carbocycles. The van der Waals surface area contributed by atoms with E-state index in [1.54, 1.807) is 0 Å². The summed E-state index contributed by atoms with van der Waals surface area (Å²) in [6.45, 7) is 3.79. The number of nitrogens with zero attached hydrogens (tertiary/aromatic N) is 4. The highest BCUT2D eigenvalue weighted by Gasteiger charge is 2.40. The fraction of sp³-hybridized carbons (Fsp3) is 0.471. The topological polar surface area (TPSA) is 71.7 Å². The Morgan fingerprint density at radius 2 is 1.79 bits per heavy atom. The van der Waals surface area contributed by atoms with Crippen LogP contribution in [0.2, 0.25) is 0 Å². The molecule has 2 aliphatic rings. The summed E-state index contributed by atoms with van der Waals surface area (Å²) in [5.41, 5.74) is 1.20. The molecule has 2 atom stereocenters. The van der Waals surface area contributed by atoms with E-state index in [4.69, 9.17) is 9.26 Å². The molecule has 126 valence electrons. The summed E-state index contributed by atoms with van der Waals surface area (Å²) < 4.78 is 10.3. The van der Waals surface area contributed by atoms with E-state index in [-0.39, 0.29) is 17.9 Å². The van der Waals surface area contributed by atoms with Crippen molar-refractivity contribution in [2.75, 3.05) is 39.4 Å². The van der Waals surface area contributed by atoms with E-state index in [0.717, 1.165) is 0 Å². The van der Waals surface area contributed by atoms with Crippen molar-refractivity contribution < 1.29 is 14.1 Å². The van der Waals surface area contributed by atoms with Gasteiger partial charge in [0.2, 0.25) is 6.39 Å². The number of morpholine rings is 1. The van der Waals surface area contributed by atoms with Gasteiger partial charge < -0.3 is 19.1 Å². The Morgan fingerprint density at radius 1 is 1.04 bits per heavy atom. The minimum absolute atomic E-state index is 0.0520. The van der Waals surface area contributed by atoms with Gasteiger partial charge in [-0.1, -0.05) is 35.5 Å². The lowest BCUT2D eigenvalue weighted by Gasteiger charge is -2.31. The molecule has 1 aromatic carbocycles. The fourth-order valence-electron chi connectivity index (χ4n) is 3.56. The monoisotopic (exact) mass is 328 g/mol. The van der Waals surface area contributed by atoms with Gasteiger partial charge in [-0.05, 0) is 5.56 Å². The van der Waals surface area contributed by atoms with Gasteiger partial charge in [-0.2, -0.15) is 4.98 Å². The van der Waals surface area contributed by atoms with Gasteiger partial charge in [-0.3, -0.25) is 0 Å². The third kappa shape index (κ3) is 2.87. The van der Waals surface area contributed by atoms with Crippen molar-refractivity contribution in [1.29, 1.82) is 0 Å². The number of ether oxygens (including phenoxy) is 1. The normalized spacial score (nSPS) is 24.3. The van der Waals surface area contributed by atoms with Gasteiger partial charge in [0.25, 0.3) is 0 Å². The van der Waals surface area contributed by atoms with Crippen LogP contribution in [0.1, 0.15) is 23.2 Å². The summed E-state index contributed by atoms with van der Waals surface area (Å²) in [6, 6.07) is 10.3. The predicted molar refractivity (Wildman–Crippen MR) is 85.6 cm³/mol. The number of carbonyl (C=O) groups excluding carboxylic acids is 1. The van der Waals surface area contributed by atoms with Crippen molar-refractivity contribution in [3.05, 3.63) is 48.1 Å².